The Kier molecular flexibility index (Phi) is 11.8. The minimum absolute atomic E-state index is 0.164. The molecule has 53 heavy (non-hydrogen) atoms. The molecule has 5 aromatic carbocycles. The molecule has 0 saturated heterocycles. The molecule has 8 nitrogen and oxygen atoms in total. The van der Waals surface area contributed by atoms with E-state index in [1.165, 1.54) is 27.0 Å². The van der Waals surface area contributed by atoms with Gasteiger partial charge in [0.25, 0.3) is 20.2 Å². The van der Waals surface area contributed by atoms with Crippen LogP contribution >= 0.6 is 23.5 Å². The third kappa shape index (κ3) is 8.33. The van der Waals surface area contributed by atoms with Gasteiger partial charge in [-0.2, -0.15) is 16.8 Å². The highest BCUT2D eigenvalue weighted by molar-refractivity contribution is 7.99. The second kappa shape index (κ2) is 15.5. The number of rotatable bonds is 11. The lowest BCUT2D eigenvalue weighted by atomic mass is 9.81. The molecule has 12 heteroatoms. The van der Waals surface area contributed by atoms with Crippen LogP contribution in [0.3, 0.4) is 0 Å². The van der Waals surface area contributed by atoms with Gasteiger partial charge in [0.05, 0.1) is 9.79 Å². The number of anilines is 4. The summed E-state index contributed by atoms with van der Waals surface area (Å²) in [5.74, 6) is -0.748. The van der Waals surface area contributed by atoms with Crippen molar-refractivity contribution < 1.29 is 25.9 Å². The first-order chi connectivity index (χ1) is 24.8. The first kappa shape index (κ1) is 40.4. The zero-order valence-electron chi connectivity index (χ0n) is 31.6. The Bertz CT molecular complexity index is 2360. The van der Waals surface area contributed by atoms with E-state index in [0.29, 0.717) is 0 Å². The summed E-state index contributed by atoms with van der Waals surface area (Å²) in [4.78, 5) is 1.18. The SMILES string of the molecule is CSc1c(C)cc(C)c(Nc2ccc(C(c3ccc(Nc4c(C)cc(C)c(SC)c4C)cc3C)c3ccc(S(=O)(=O)O)cc3S(=O)(=O)O)c(C)c2)c1C. The molecular weight excluding hydrogens is 745 g/mol. The smallest absolute Gasteiger partial charge is 0.294 e. The van der Waals surface area contributed by atoms with E-state index in [4.69, 9.17) is 0 Å². The number of thioether (sulfide) groups is 2. The van der Waals surface area contributed by atoms with E-state index in [2.05, 4.69) is 76.8 Å². The van der Waals surface area contributed by atoms with Gasteiger partial charge in [0.15, 0.2) is 0 Å². The van der Waals surface area contributed by atoms with E-state index >= 15 is 0 Å². The molecule has 5 rings (SSSR count). The Labute approximate surface area is 322 Å². The number of benzene rings is 5. The lowest BCUT2D eigenvalue weighted by molar-refractivity contribution is 0.480. The summed E-state index contributed by atoms with van der Waals surface area (Å²) in [7, 11) is -9.71. The fourth-order valence-corrected chi connectivity index (χ4v) is 10.4. The molecule has 0 radical (unpaired) electrons. The van der Waals surface area contributed by atoms with Crippen molar-refractivity contribution in [2.45, 2.75) is 80.9 Å². The highest BCUT2D eigenvalue weighted by Crippen LogP contribution is 2.42. The molecule has 0 spiro atoms. The summed E-state index contributed by atoms with van der Waals surface area (Å²) in [6.07, 6.45) is 4.13. The molecular formula is C41H46N2O6S4. The molecule has 280 valence electrons. The molecule has 4 N–H and O–H groups in total. The van der Waals surface area contributed by atoms with Crippen LogP contribution in [-0.4, -0.2) is 38.5 Å². The molecule has 0 amide bonds. The van der Waals surface area contributed by atoms with Gasteiger partial charge in [-0.15, -0.1) is 23.5 Å². The van der Waals surface area contributed by atoms with Gasteiger partial charge in [0, 0.05) is 38.5 Å². The Morgan fingerprint density at radius 2 is 0.925 bits per heavy atom. The largest absolute Gasteiger partial charge is 0.355 e. The third-order valence-corrected chi connectivity index (χ3v) is 13.6. The summed E-state index contributed by atoms with van der Waals surface area (Å²) < 4.78 is 70.3. The van der Waals surface area contributed by atoms with Crippen molar-refractivity contribution in [1.29, 1.82) is 0 Å². The molecule has 0 saturated carbocycles. The highest BCUT2D eigenvalue weighted by atomic mass is 32.2. The average molecular weight is 791 g/mol. The fraction of sp³-hybridized carbons (Fsp3) is 0.268. The first-order valence-corrected chi connectivity index (χ1v) is 22.2. The number of hydrogen-bond acceptors (Lipinski definition) is 8. The van der Waals surface area contributed by atoms with Gasteiger partial charge in [-0.1, -0.05) is 30.3 Å². The van der Waals surface area contributed by atoms with Crippen molar-refractivity contribution in [3.63, 3.8) is 0 Å². The zero-order chi connectivity index (χ0) is 39.2. The van der Waals surface area contributed by atoms with Gasteiger partial charge < -0.3 is 10.6 Å². The predicted octanol–water partition coefficient (Wildman–Crippen LogP) is 10.8. The Balaban J connectivity index is 1.68. The molecule has 0 unspecified atom stereocenters. The second-order valence-corrected chi connectivity index (χ2v) is 18.0. The monoisotopic (exact) mass is 790 g/mol. The average Bonchev–Trinajstić information content (AvgIpc) is 3.06. The summed E-state index contributed by atoms with van der Waals surface area (Å²) in [5.41, 5.74) is 14.0. The van der Waals surface area contributed by atoms with Crippen molar-refractivity contribution >= 4 is 66.5 Å². The van der Waals surface area contributed by atoms with Gasteiger partial charge in [-0.3, -0.25) is 9.11 Å². The maximum atomic E-state index is 12.9. The normalized spacial score (nSPS) is 12.0. The standard InChI is InChI=1S/C41H46N2O6S4/c1-22-19-30(42-38-24(3)17-26(5)40(50-9)28(38)7)11-14-33(22)37(35-16-13-32(52(44,45)46)21-36(35)53(47,48)49)34-15-12-31(20-23(34)2)43-39-25(4)18-27(6)41(51-10)29(39)8/h11-21,37,42-43H,1-10H3,(H,44,45,46)(H,47,48,49). The van der Waals surface area contributed by atoms with Crippen molar-refractivity contribution in [2.75, 3.05) is 23.1 Å². The van der Waals surface area contributed by atoms with Gasteiger partial charge in [0.2, 0.25) is 0 Å². The van der Waals surface area contributed by atoms with Crippen LogP contribution in [0.5, 0.6) is 0 Å². The van der Waals surface area contributed by atoms with Crippen LogP contribution in [0.1, 0.15) is 67.1 Å². The van der Waals surface area contributed by atoms with Crippen LogP contribution in [0, 0.1) is 55.4 Å². The summed E-state index contributed by atoms with van der Waals surface area (Å²) in [5, 5.41) is 7.20. The predicted molar refractivity (Wildman–Crippen MR) is 221 cm³/mol. The lowest BCUT2D eigenvalue weighted by Crippen LogP contribution is -2.14. The van der Waals surface area contributed by atoms with E-state index in [0.717, 1.165) is 79.4 Å². The molecule has 0 aliphatic heterocycles. The molecule has 0 atom stereocenters. The van der Waals surface area contributed by atoms with Crippen molar-refractivity contribution in [3.8, 4) is 0 Å². The summed E-state index contributed by atoms with van der Waals surface area (Å²) in [6, 6.07) is 19.4. The van der Waals surface area contributed by atoms with Crippen LogP contribution in [0.4, 0.5) is 22.7 Å². The van der Waals surface area contributed by atoms with E-state index < -0.39 is 35.9 Å². The van der Waals surface area contributed by atoms with Crippen LogP contribution in [0.2, 0.25) is 0 Å². The van der Waals surface area contributed by atoms with Crippen LogP contribution in [0.25, 0.3) is 0 Å². The Hall–Kier alpha value is -3.78. The van der Waals surface area contributed by atoms with E-state index in [9.17, 15) is 25.9 Å². The minimum Gasteiger partial charge on any atom is -0.355 e. The topological polar surface area (TPSA) is 133 Å². The second-order valence-electron chi connectivity index (χ2n) is 13.6. The fourth-order valence-electron chi connectivity index (χ4n) is 7.43. The number of aryl methyl sites for hydroxylation is 6. The van der Waals surface area contributed by atoms with Crippen LogP contribution < -0.4 is 10.6 Å². The highest BCUT2D eigenvalue weighted by Gasteiger charge is 2.29. The zero-order valence-corrected chi connectivity index (χ0v) is 34.9. The Morgan fingerprint density at radius 3 is 1.28 bits per heavy atom. The van der Waals surface area contributed by atoms with E-state index in [1.54, 1.807) is 23.5 Å². The van der Waals surface area contributed by atoms with Crippen LogP contribution in [0.15, 0.2) is 86.3 Å². The maximum absolute atomic E-state index is 12.9. The van der Waals surface area contributed by atoms with Crippen LogP contribution in [-0.2, 0) is 20.2 Å². The molecule has 0 fully saturated rings. The minimum atomic E-state index is -4.94. The third-order valence-electron chi connectivity index (χ3n) is 9.78. The summed E-state index contributed by atoms with van der Waals surface area (Å²) >= 11 is 3.41. The van der Waals surface area contributed by atoms with Gasteiger partial charge in [-0.05, 0) is 165 Å². The van der Waals surface area contributed by atoms with Crippen molar-refractivity contribution in [1.82, 2.24) is 0 Å². The molecule has 0 aromatic heterocycles. The first-order valence-electron chi connectivity index (χ1n) is 16.9. The molecule has 0 heterocycles. The Morgan fingerprint density at radius 1 is 0.509 bits per heavy atom. The van der Waals surface area contributed by atoms with Crippen molar-refractivity contribution in [3.05, 3.63) is 128 Å². The number of hydrogen-bond donors (Lipinski definition) is 4. The number of nitrogens with one attached hydrogen (secondary N) is 2. The molecule has 5 aromatic rings. The molecule has 0 aliphatic carbocycles. The van der Waals surface area contributed by atoms with Gasteiger partial charge >= 0.3 is 0 Å². The van der Waals surface area contributed by atoms with Gasteiger partial charge in [-0.25, -0.2) is 0 Å². The van der Waals surface area contributed by atoms with Gasteiger partial charge in [0.1, 0.15) is 0 Å². The molecule has 0 aliphatic rings. The van der Waals surface area contributed by atoms with Crippen molar-refractivity contribution in [2.24, 2.45) is 0 Å². The molecule has 0 bridgehead atoms. The van der Waals surface area contributed by atoms with E-state index in [1.807, 2.05) is 50.2 Å². The quantitative estimate of drug-likeness (QED) is 0.0582. The van der Waals surface area contributed by atoms with E-state index in [-0.39, 0.29) is 5.56 Å². The maximum Gasteiger partial charge on any atom is 0.294 e. The lowest BCUT2D eigenvalue weighted by Gasteiger charge is -2.26. The summed E-state index contributed by atoms with van der Waals surface area (Å²) in [6.45, 7) is 16.4.